The normalized spacial score (nSPS) is 19.0. The molecule has 0 aromatic heterocycles. The van der Waals surface area contributed by atoms with E-state index < -0.39 is 31.7 Å². The Labute approximate surface area is 143 Å². The Morgan fingerprint density at radius 1 is 1.33 bits per heavy atom. The van der Waals surface area contributed by atoms with Crippen molar-refractivity contribution >= 4 is 21.6 Å². The summed E-state index contributed by atoms with van der Waals surface area (Å²) in [6.45, 7) is 2.89. The Balaban J connectivity index is 2.25. The minimum Gasteiger partial charge on any atom is -0.319 e. The number of benzene rings is 1. The number of sulfonamides is 1. The molecule has 132 valence electrons. The maximum Gasteiger partial charge on any atom is 0.417 e. The van der Waals surface area contributed by atoms with Gasteiger partial charge in [0.25, 0.3) is 0 Å². The second-order valence-electron chi connectivity index (χ2n) is 5.55. The van der Waals surface area contributed by atoms with Crippen molar-refractivity contribution in [2.24, 2.45) is 0 Å². The molecule has 1 heterocycles. The van der Waals surface area contributed by atoms with Crippen molar-refractivity contribution in [3.8, 4) is 6.07 Å². The third-order valence-electron chi connectivity index (χ3n) is 4.05. The van der Waals surface area contributed by atoms with E-state index >= 15 is 0 Å². The molecule has 1 aromatic rings. The molecule has 1 atom stereocenters. The van der Waals surface area contributed by atoms with E-state index in [2.05, 4.69) is 6.07 Å². The van der Waals surface area contributed by atoms with Crippen LogP contribution in [0.2, 0.25) is 5.02 Å². The zero-order valence-corrected chi connectivity index (χ0v) is 14.3. The van der Waals surface area contributed by atoms with Gasteiger partial charge in [0.2, 0.25) is 10.0 Å². The molecule has 1 aliphatic heterocycles. The molecule has 5 nitrogen and oxygen atoms in total. The Morgan fingerprint density at radius 2 is 1.92 bits per heavy atom. The number of hydrogen-bond acceptors (Lipinski definition) is 3. The van der Waals surface area contributed by atoms with Crippen LogP contribution in [0.5, 0.6) is 0 Å². The van der Waals surface area contributed by atoms with Crippen molar-refractivity contribution in [3.63, 3.8) is 0 Å². The van der Waals surface area contributed by atoms with Gasteiger partial charge in [-0.05, 0) is 18.2 Å². The van der Waals surface area contributed by atoms with E-state index in [1.807, 2.05) is 0 Å². The van der Waals surface area contributed by atoms with Crippen LogP contribution in [0, 0.1) is 11.3 Å². The van der Waals surface area contributed by atoms with E-state index in [-0.39, 0.29) is 19.1 Å². The molecule has 1 aromatic carbocycles. The van der Waals surface area contributed by atoms with Gasteiger partial charge >= 0.3 is 6.18 Å². The average molecular weight is 383 g/mol. The van der Waals surface area contributed by atoms with Crippen molar-refractivity contribution in [2.45, 2.75) is 24.0 Å². The third kappa shape index (κ3) is 3.83. The fraction of sp³-hybridized carbons (Fsp3) is 0.500. The van der Waals surface area contributed by atoms with Crippen LogP contribution in [-0.2, 0) is 16.2 Å². The molecule has 1 N–H and O–H groups in total. The van der Waals surface area contributed by atoms with Crippen LogP contribution in [0.25, 0.3) is 0 Å². The highest BCUT2D eigenvalue weighted by molar-refractivity contribution is 7.89. The van der Waals surface area contributed by atoms with Crippen LogP contribution >= 0.6 is 11.6 Å². The largest absolute Gasteiger partial charge is 0.417 e. The monoisotopic (exact) mass is 382 g/mol. The van der Waals surface area contributed by atoms with E-state index in [0.29, 0.717) is 19.2 Å². The molecule has 2 rings (SSSR count). The molecule has 0 spiro atoms. The highest BCUT2D eigenvalue weighted by atomic mass is 35.5. The lowest BCUT2D eigenvalue weighted by Gasteiger charge is -2.32. The van der Waals surface area contributed by atoms with Gasteiger partial charge in [-0.3, -0.25) is 0 Å². The molecule has 0 radical (unpaired) electrons. The van der Waals surface area contributed by atoms with Crippen molar-refractivity contribution in [1.82, 2.24) is 4.31 Å². The van der Waals surface area contributed by atoms with Crippen molar-refractivity contribution in [2.75, 3.05) is 26.2 Å². The summed E-state index contributed by atoms with van der Waals surface area (Å²) >= 11 is 5.52. The number of alkyl halides is 3. The van der Waals surface area contributed by atoms with E-state index in [1.165, 1.54) is 0 Å². The fourth-order valence-corrected chi connectivity index (χ4v) is 4.26. The van der Waals surface area contributed by atoms with Crippen molar-refractivity contribution < 1.29 is 26.5 Å². The SMILES string of the molecule is C[C@H](C#N)[NH+]1CCN(S(=O)(=O)c2ccc(Cl)c(C(F)(F)F)c2)CC1. The molecule has 1 aliphatic rings. The van der Waals surface area contributed by atoms with Crippen LogP contribution in [-0.4, -0.2) is 44.9 Å². The molecule has 0 bridgehead atoms. The molecule has 0 amide bonds. The van der Waals surface area contributed by atoms with Gasteiger partial charge < -0.3 is 4.90 Å². The maximum absolute atomic E-state index is 12.9. The number of piperazine rings is 1. The molecule has 0 saturated carbocycles. The number of hydrogen-bond donors (Lipinski definition) is 1. The molecular weight excluding hydrogens is 367 g/mol. The standard InChI is InChI=1S/C14H15ClF3N3O2S/c1-10(9-19)20-4-6-21(7-5-20)24(22,23)11-2-3-13(15)12(8-11)14(16,17)18/h2-3,8,10H,4-7H2,1H3/p+1/t10-/m1/s1. The molecular formula is C14H16ClF3N3O2S+. The molecule has 10 heteroatoms. The zero-order valence-electron chi connectivity index (χ0n) is 12.8. The predicted octanol–water partition coefficient (Wildman–Crippen LogP) is 1.16. The number of halogens is 4. The summed E-state index contributed by atoms with van der Waals surface area (Å²) in [6, 6.07) is 4.42. The molecule has 0 unspecified atom stereocenters. The molecule has 24 heavy (non-hydrogen) atoms. The molecule has 1 saturated heterocycles. The number of nitriles is 1. The first-order valence-electron chi connectivity index (χ1n) is 7.18. The van der Waals surface area contributed by atoms with E-state index in [4.69, 9.17) is 16.9 Å². The smallest absolute Gasteiger partial charge is 0.319 e. The lowest BCUT2D eigenvalue weighted by molar-refractivity contribution is -0.918. The summed E-state index contributed by atoms with van der Waals surface area (Å²) in [5, 5.41) is 8.36. The molecule has 1 fully saturated rings. The van der Waals surface area contributed by atoms with E-state index in [0.717, 1.165) is 21.3 Å². The van der Waals surface area contributed by atoms with Crippen molar-refractivity contribution in [3.05, 3.63) is 28.8 Å². The lowest BCUT2D eigenvalue weighted by atomic mass is 10.2. The van der Waals surface area contributed by atoms with Gasteiger partial charge in [0.15, 0.2) is 6.04 Å². The Hall–Kier alpha value is -1.34. The van der Waals surface area contributed by atoms with Gasteiger partial charge in [-0.15, -0.1) is 0 Å². The minimum atomic E-state index is -4.73. The summed E-state index contributed by atoms with van der Waals surface area (Å²) in [4.78, 5) is 0.520. The van der Waals surface area contributed by atoms with Crippen LogP contribution < -0.4 is 4.90 Å². The van der Waals surface area contributed by atoms with Gasteiger partial charge in [0.05, 0.1) is 41.7 Å². The topological polar surface area (TPSA) is 65.6 Å². The summed E-state index contributed by atoms with van der Waals surface area (Å²) in [5.41, 5.74) is -1.17. The number of rotatable bonds is 3. The Bertz CT molecular complexity index is 754. The van der Waals surface area contributed by atoms with Gasteiger partial charge in [-0.25, -0.2) is 8.42 Å². The summed E-state index contributed by atoms with van der Waals surface area (Å²) in [5.74, 6) is 0. The van der Waals surface area contributed by atoms with Gasteiger partial charge in [0.1, 0.15) is 6.07 Å². The van der Waals surface area contributed by atoms with E-state index in [9.17, 15) is 21.6 Å². The zero-order chi connectivity index (χ0) is 18.1. The highest BCUT2D eigenvalue weighted by Crippen LogP contribution is 2.36. The lowest BCUT2D eigenvalue weighted by Crippen LogP contribution is -3.17. The predicted molar refractivity (Wildman–Crippen MR) is 81.0 cm³/mol. The number of nitrogens with one attached hydrogen (secondary N) is 1. The average Bonchev–Trinajstić information content (AvgIpc) is 2.53. The first-order chi connectivity index (χ1) is 11.1. The maximum atomic E-state index is 12.9. The van der Waals surface area contributed by atoms with Crippen LogP contribution in [0.3, 0.4) is 0 Å². The fourth-order valence-electron chi connectivity index (χ4n) is 2.57. The third-order valence-corrected chi connectivity index (χ3v) is 6.28. The minimum absolute atomic E-state index is 0.146. The van der Waals surface area contributed by atoms with Crippen LogP contribution in [0.15, 0.2) is 23.1 Å². The van der Waals surface area contributed by atoms with E-state index in [1.54, 1.807) is 6.92 Å². The van der Waals surface area contributed by atoms with Crippen molar-refractivity contribution in [1.29, 1.82) is 5.26 Å². The number of nitrogens with zero attached hydrogens (tertiary/aromatic N) is 2. The second kappa shape index (κ2) is 6.88. The number of quaternary nitrogens is 1. The summed E-state index contributed by atoms with van der Waals surface area (Å²) in [6.07, 6.45) is -4.73. The van der Waals surface area contributed by atoms with Gasteiger partial charge in [0, 0.05) is 6.92 Å². The second-order valence-corrected chi connectivity index (χ2v) is 7.90. The Morgan fingerprint density at radius 3 is 2.42 bits per heavy atom. The van der Waals surface area contributed by atoms with Crippen LogP contribution in [0.1, 0.15) is 12.5 Å². The molecule has 0 aliphatic carbocycles. The van der Waals surface area contributed by atoms with Gasteiger partial charge in [-0.2, -0.15) is 22.7 Å². The Kier molecular flexibility index (Phi) is 5.44. The quantitative estimate of drug-likeness (QED) is 0.853. The summed E-state index contributed by atoms with van der Waals surface area (Å²) < 4.78 is 65.0. The first kappa shape index (κ1) is 19.0. The van der Waals surface area contributed by atoms with Gasteiger partial charge in [-0.1, -0.05) is 11.6 Å². The first-order valence-corrected chi connectivity index (χ1v) is 9.00. The van der Waals surface area contributed by atoms with Crippen LogP contribution in [0.4, 0.5) is 13.2 Å². The highest BCUT2D eigenvalue weighted by Gasteiger charge is 2.37. The summed E-state index contributed by atoms with van der Waals surface area (Å²) in [7, 11) is -4.04.